The van der Waals surface area contributed by atoms with Crippen molar-refractivity contribution in [3.63, 3.8) is 0 Å². The van der Waals surface area contributed by atoms with Crippen molar-refractivity contribution in [2.75, 3.05) is 6.54 Å². The number of carbonyl (C=O) groups excluding carboxylic acids is 5. The first kappa shape index (κ1) is 43.5. The van der Waals surface area contributed by atoms with Gasteiger partial charge in [0.15, 0.2) is 0 Å². The number of unbranched alkanes of at least 4 members (excludes halogenated alkanes) is 5. The molecule has 0 saturated heterocycles. The number of alkyl carbamates (subject to hydrolysis) is 1. The topological polar surface area (TPSA) is 157 Å². The summed E-state index contributed by atoms with van der Waals surface area (Å²) in [5.41, 5.74) is 5.79. The molecule has 4 amide bonds. The van der Waals surface area contributed by atoms with Gasteiger partial charge in [-0.25, -0.2) is 9.59 Å². The van der Waals surface area contributed by atoms with E-state index in [0.717, 1.165) is 37.7 Å². The molecule has 0 saturated carbocycles. The second-order valence-corrected chi connectivity index (χ2v) is 15.1. The Bertz CT molecular complexity index is 1480. The highest BCUT2D eigenvalue weighted by molar-refractivity contribution is 5.94. The lowest BCUT2D eigenvalue weighted by Gasteiger charge is -2.35. The number of esters is 1. The standard InChI is InChI=1S/C41H60N4O7/c1-9-11-12-13-14-18-26-45(37(48)32(24-25-34(42)46)44-39(50)52-41(6,7)8)35(31-23-19-22-29(10-2)27-31)36(47)43-33(38(49)51-40(3,4)5)28-30-20-16-15-17-21-30/h10,15-17,19-23,27,32-33,35H,2,9,11-14,18,24-26,28H2,1,3-8H3,(H2,42,46)(H,43,47)(H,44,50). The summed E-state index contributed by atoms with van der Waals surface area (Å²) in [6, 6.07) is 12.8. The minimum absolute atomic E-state index is 0.115. The van der Waals surface area contributed by atoms with Crippen LogP contribution in [0.4, 0.5) is 4.79 Å². The fraction of sp³-hybridized carbons (Fsp3) is 0.537. The zero-order chi connectivity index (χ0) is 38.9. The highest BCUT2D eigenvalue weighted by Gasteiger charge is 2.38. The van der Waals surface area contributed by atoms with Gasteiger partial charge in [-0.2, -0.15) is 0 Å². The van der Waals surface area contributed by atoms with Gasteiger partial charge in [-0.15, -0.1) is 0 Å². The second kappa shape index (κ2) is 21.0. The molecule has 2 aromatic carbocycles. The molecule has 0 radical (unpaired) electrons. The summed E-state index contributed by atoms with van der Waals surface area (Å²) in [5, 5.41) is 5.55. The monoisotopic (exact) mass is 720 g/mol. The number of carbonyl (C=O) groups is 5. The van der Waals surface area contributed by atoms with Crippen molar-refractivity contribution in [3.8, 4) is 0 Å². The molecule has 4 N–H and O–H groups in total. The average Bonchev–Trinajstić information content (AvgIpc) is 3.05. The Morgan fingerprint density at radius 2 is 1.46 bits per heavy atom. The molecule has 2 aromatic rings. The molecule has 3 atom stereocenters. The summed E-state index contributed by atoms with van der Waals surface area (Å²) in [6.07, 6.45) is 6.12. The Balaban J connectivity index is 2.68. The van der Waals surface area contributed by atoms with Gasteiger partial charge in [-0.1, -0.05) is 100 Å². The largest absolute Gasteiger partial charge is 0.458 e. The summed E-state index contributed by atoms with van der Waals surface area (Å²) >= 11 is 0. The van der Waals surface area contributed by atoms with Crippen LogP contribution in [0.3, 0.4) is 0 Å². The Kier molecular flexibility index (Phi) is 17.6. The lowest BCUT2D eigenvalue weighted by molar-refractivity contribution is -0.159. The van der Waals surface area contributed by atoms with Crippen molar-refractivity contribution in [1.82, 2.24) is 15.5 Å². The van der Waals surface area contributed by atoms with E-state index in [-0.39, 0.29) is 25.8 Å². The molecule has 0 aliphatic carbocycles. The SMILES string of the molecule is C=Cc1cccc(C(C(=O)NC(Cc2ccccc2)C(=O)OC(C)(C)C)N(CCCCCCCC)C(=O)C(CCC(N)=O)NC(=O)OC(C)(C)C)c1. The fourth-order valence-electron chi connectivity index (χ4n) is 5.62. The van der Waals surface area contributed by atoms with Gasteiger partial charge in [0.2, 0.25) is 17.7 Å². The predicted molar refractivity (Wildman–Crippen MR) is 204 cm³/mol. The number of nitrogens with two attached hydrogens (primary N) is 1. The van der Waals surface area contributed by atoms with Crippen molar-refractivity contribution in [2.45, 2.75) is 136 Å². The van der Waals surface area contributed by atoms with E-state index in [1.807, 2.05) is 36.4 Å². The number of benzene rings is 2. The summed E-state index contributed by atoms with van der Waals surface area (Å²) < 4.78 is 11.2. The molecule has 11 heteroatoms. The van der Waals surface area contributed by atoms with Gasteiger partial charge in [0.05, 0.1) is 0 Å². The van der Waals surface area contributed by atoms with Crippen molar-refractivity contribution >= 4 is 35.9 Å². The van der Waals surface area contributed by atoms with E-state index in [1.54, 1.807) is 65.8 Å². The van der Waals surface area contributed by atoms with E-state index >= 15 is 0 Å². The summed E-state index contributed by atoms with van der Waals surface area (Å²) in [6.45, 7) is 16.5. The van der Waals surface area contributed by atoms with E-state index in [0.29, 0.717) is 17.5 Å². The van der Waals surface area contributed by atoms with Gasteiger partial charge >= 0.3 is 12.1 Å². The summed E-state index contributed by atoms with van der Waals surface area (Å²) in [5.74, 6) is -2.48. The minimum Gasteiger partial charge on any atom is -0.458 e. The first-order valence-corrected chi connectivity index (χ1v) is 18.3. The molecular weight excluding hydrogens is 660 g/mol. The Labute approximate surface area is 310 Å². The molecule has 3 unspecified atom stereocenters. The zero-order valence-corrected chi connectivity index (χ0v) is 32.2. The molecule has 0 spiro atoms. The van der Waals surface area contributed by atoms with Crippen molar-refractivity contribution < 1.29 is 33.4 Å². The van der Waals surface area contributed by atoms with Crippen LogP contribution in [0.1, 0.15) is 123 Å². The summed E-state index contributed by atoms with van der Waals surface area (Å²) in [7, 11) is 0. The maximum absolute atomic E-state index is 14.7. The van der Waals surface area contributed by atoms with Crippen LogP contribution in [-0.4, -0.2) is 64.5 Å². The van der Waals surface area contributed by atoms with Crippen molar-refractivity contribution in [2.24, 2.45) is 5.73 Å². The smallest absolute Gasteiger partial charge is 0.408 e. The van der Waals surface area contributed by atoms with Crippen LogP contribution in [0.5, 0.6) is 0 Å². The molecular formula is C41H60N4O7. The number of hydrogen-bond acceptors (Lipinski definition) is 7. The molecule has 0 heterocycles. The van der Waals surface area contributed by atoms with Crippen LogP contribution in [-0.2, 0) is 35.1 Å². The fourth-order valence-corrected chi connectivity index (χ4v) is 5.62. The predicted octanol–water partition coefficient (Wildman–Crippen LogP) is 6.79. The van der Waals surface area contributed by atoms with Gasteiger partial charge in [0, 0.05) is 19.4 Å². The molecule has 2 rings (SSSR count). The number of primary amides is 1. The normalized spacial score (nSPS) is 13.2. The lowest BCUT2D eigenvalue weighted by atomic mass is 9.98. The number of amides is 4. The lowest BCUT2D eigenvalue weighted by Crippen LogP contribution is -2.55. The average molecular weight is 721 g/mol. The number of nitrogens with zero attached hydrogens (tertiary/aromatic N) is 1. The van der Waals surface area contributed by atoms with E-state index < -0.39 is 59.1 Å². The maximum Gasteiger partial charge on any atom is 0.408 e. The van der Waals surface area contributed by atoms with Crippen LogP contribution in [0, 0.1) is 0 Å². The van der Waals surface area contributed by atoms with Gasteiger partial charge in [0.1, 0.15) is 29.3 Å². The van der Waals surface area contributed by atoms with Gasteiger partial charge in [0.25, 0.3) is 0 Å². The van der Waals surface area contributed by atoms with Gasteiger partial charge < -0.3 is 30.7 Å². The molecule has 0 bridgehead atoms. The van der Waals surface area contributed by atoms with Crippen LogP contribution >= 0.6 is 0 Å². The maximum atomic E-state index is 14.7. The molecule has 0 fully saturated rings. The molecule has 0 aliphatic rings. The number of rotatable bonds is 20. The van der Waals surface area contributed by atoms with E-state index in [1.165, 1.54) is 4.90 Å². The van der Waals surface area contributed by atoms with Crippen LogP contribution in [0.15, 0.2) is 61.2 Å². The van der Waals surface area contributed by atoms with Gasteiger partial charge in [-0.05, 0) is 77.1 Å². The van der Waals surface area contributed by atoms with Gasteiger partial charge in [-0.3, -0.25) is 14.4 Å². The first-order chi connectivity index (χ1) is 24.4. The second-order valence-electron chi connectivity index (χ2n) is 15.1. The molecule has 286 valence electrons. The van der Waals surface area contributed by atoms with Crippen LogP contribution in [0.2, 0.25) is 0 Å². The highest BCUT2D eigenvalue weighted by Crippen LogP contribution is 2.27. The zero-order valence-electron chi connectivity index (χ0n) is 32.2. The van der Waals surface area contributed by atoms with E-state index in [9.17, 15) is 24.0 Å². The molecule has 0 aromatic heterocycles. The summed E-state index contributed by atoms with van der Waals surface area (Å²) in [4.78, 5) is 69.4. The number of ether oxygens (including phenoxy) is 2. The Hall–Kier alpha value is -4.67. The minimum atomic E-state index is -1.24. The third kappa shape index (κ3) is 16.1. The number of nitrogens with one attached hydrogen (secondary N) is 2. The van der Waals surface area contributed by atoms with E-state index in [2.05, 4.69) is 24.1 Å². The van der Waals surface area contributed by atoms with Crippen molar-refractivity contribution in [1.29, 1.82) is 0 Å². The third-order valence-corrected chi connectivity index (χ3v) is 8.02. The van der Waals surface area contributed by atoms with Crippen molar-refractivity contribution in [3.05, 3.63) is 77.9 Å². The quantitative estimate of drug-likeness (QED) is 0.100. The Morgan fingerprint density at radius 3 is 2.06 bits per heavy atom. The third-order valence-electron chi connectivity index (χ3n) is 8.02. The van der Waals surface area contributed by atoms with Crippen LogP contribution in [0.25, 0.3) is 6.08 Å². The molecule has 52 heavy (non-hydrogen) atoms. The molecule has 0 aliphatic heterocycles. The first-order valence-electron chi connectivity index (χ1n) is 18.3. The van der Waals surface area contributed by atoms with E-state index in [4.69, 9.17) is 15.2 Å². The molecule has 11 nitrogen and oxygen atoms in total. The highest BCUT2D eigenvalue weighted by atomic mass is 16.6. The Morgan fingerprint density at radius 1 is 0.827 bits per heavy atom. The van der Waals surface area contributed by atoms with Crippen LogP contribution < -0.4 is 16.4 Å². The number of hydrogen-bond donors (Lipinski definition) is 3.